The Labute approximate surface area is 113 Å². The van der Waals surface area contributed by atoms with Crippen LogP contribution in [0.15, 0.2) is 46.9 Å². The third kappa shape index (κ3) is 3.37. The smallest absolute Gasteiger partial charge is 0.126 e. The van der Waals surface area contributed by atoms with E-state index in [-0.39, 0.29) is 0 Å². The van der Waals surface area contributed by atoms with E-state index in [2.05, 4.69) is 15.9 Å². The zero-order valence-corrected chi connectivity index (χ0v) is 11.1. The minimum absolute atomic E-state index is 0.426. The molecule has 1 atom stereocenters. The van der Waals surface area contributed by atoms with Crippen molar-refractivity contribution in [1.82, 2.24) is 0 Å². The third-order valence-electron chi connectivity index (χ3n) is 2.66. The van der Waals surface area contributed by atoms with Gasteiger partial charge in [0.05, 0.1) is 0 Å². The predicted molar refractivity (Wildman–Crippen MR) is 71.1 cm³/mol. The van der Waals surface area contributed by atoms with E-state index in [1.165, 1.54) is 12.1 Å². The quantitative estimate of drug-likeness (QED) is 0.912. The van der Waals surface area contributed by atoms with Crippen molar-refractivity contribution in [3.8, 4) is 0 Å². The maximum absolute atomic E-state index is 13.1. The molecule has 1 nitrogen and oxygen atoms in total. The molecule has 0 radical (unpaired) electrons. The van der Waals surface area contributed by atoms with Crippen LogP contribution < -0.4 is 5.73 Å². The first kappa shape index (κ1) is 13.2. The number of halogens is 3. The zero-order valence-electron chi connectivity index (χ0n) is 9.54. The maximum atomic E-state index is 13.1. The lowest BCUT2D eigenvalue weighted by atomic mass is 9.99. The van der Waals surface area contributed by atoms with Crippen molar-refractivity contribution in [2.45, 2.75) is 12.5 Å². The molecule has 0 amide bonds. The summed E-state index contributed by atoms with van der Waals surface area (Å²) >= 11 is 3.37. The van der Waals surface area contributed by atoms with Gasteiger partial charge in [0.1, 0.15) is 11.6 Å². The van der Waals surface area contributed by atoms with Crippen LogP contribution in [-0.2, 0) is 6.42 Å². The Hall–Kier alpha value is -1.26. The summed E-state index contributed by atoms with van der Waals surface area (Å²) in [7, 11) is 0. The molecule has 2 N–H and O–H groups in total. The Balaban J connectivity index is 2.19. The molecule has 94 valence electrons. The van der Waals surface area contributed by atoms with E-state index in [0.29, 0.717) is 12.0 Å². The summed E-state index contributed by atoms with van der Waals surface area (Å²) in [4.78, 5) is 0. The summed E-state index contributed by atoms with van der Waals surface area (Å²) in [6.07, 6.45) is 0.530. The second-order valence-electron chi connectivity index (χ2n) is 4.14. The molecule has 0 aliphatic rings. The first-order chi connectivity index (χ1) is 8.54. The molecule has 0 aromatic heterocycles. The molecule has 4 heteroatoms. The lowest BCUT2D eigenvalue weighted by molar-refractivity contribution is 0.572. The van der Waals surface area contributed by atoms with Crippen molar-refractivity contribution in [2.75, 3.05) is 0 Å². The molecule has 0 saturated carbocycles. The van der Waals surface area contributed by atoms with Crippen molar-refractivity contribution in [3.63, 3.8) is 0 Å². The Morgan fingerprint density at radius 1 is 1.06 bits per heavy atom. The summed E-state index contributed by atoms with van der Waals surface area (Å²) in [6, 6.07) is 10.6. The van der Waals surface area contributed by atoms with Gasteiger partial charge in [-0.1, -0.05) is 28.1 Å². The van der Waals surface area contributed by atoms with Gasteiger partial charge in [-0.2, -0.15) is 0 Å². The molecule has 0 spiro atoms. The molecule has 0 aliphatic heterocycles. The minimum atomic E-state index is -0.602. The standard InChI is InChI=1S/C14H12BrF2N/c15-11-3-1-2-9(4-11)5-14(18)10-6-12(16)8-13(17)7-10/h1-4,6-8,14H,5,18H2. The normalized spacial score (nSPS) is 12.4. The average Bonchev–Trinajstić information content (AvgIpc) is 2.27. The highest BCUT2D eigenvalue weighted by Crippen LogP contribution is 2.20. The summed E-state index contributed by atoms with van der Waals surface area (Å²) in [6.45, 7) is 0. The van der Waals surface area contributed by atoms with Crippen LogP contribution in [0.5, 0.6) is 0 Å². The summed E-state index contributed by atoms with van der Waals surface area (Å²) in [5.74, 6) is -1.20. The fraction of sp³-hybridized carbons (Fsp3) is 0.143. The number of rotatable bonds is 3. The van der Waals surface area contributed by atoms with Crippen LogP contribution in [0.3, 0.4) is 0 Å². The number of hydrogen-bond acceptors (Lipinski definition) is 1. The van der Waals surface area contributed by atoms with E-state index in [0.717, 1.165) is 16.1 Å². The van der Waals surface area contributed by atoms with E-state index in [1.807, 2.05) is 24.3 Å². The van der Waals surface area contributed by atoms with Crippen LogP contribution in [0, 0.1) is 11.6 Å². The van der Waals surface area contributed by atoms with Crippen molar-refractivity contribution in [1.29, 1.82) is 0 Å². The largest absolute Gasteiger partial charge is 0.324 e. The SMILES string of the molecule is NC(Cc1cccc(Br)c1)c1cc(F)cc(F)c1. The Kier molecular flexibility index (Phi) is 4.09. The Morgan fingerprint density at radius 2 is 1.72 bits per heavy atom. The van der Waals surface area contributed by atoms with Crippen molar-refractivity contribution in [3.05, 3.63) is 69.7 Å². The first-order valence-corrected chi connectivity index (χ1v) is 6.30. The van der Waals surface area contributed by atoms with Gasteiger partial charge in [0.15, 0.2) is 0 Å². The molecule has 0 aliphatic carbocycles. The fourth-order valence-electron chi connectivity index (χ4n) is 1.82. The van der Waals surface area contributed by atoms with E-state index in [4.69, 9.17) is 5.73 Å². The zero-order chi connectivity index (χ0) is 13.1. The summed E-state index contributed by atoms with van der Waals surface area (Å²) in [5, 5.41) is 0. The predicted octanol–water partition coefficient (Wildman–Crippen LogP) is 3.97. The van der Waals surface area contributed by atoms with Crippen LogP contribution in [0.1, 0.15) is 17.2 Å². The highest BCUT2D eigenvalue weighted by molar-refractivity contribution is 9.10. The van der Waals surface area contributed by atoms with Gasteiger partial charge < -0.3 is 5.73 Å². The fourth-order valence-corrected chi connectivity index (χ4v) is 2.27. The second kappa shape index (κ2) is 5.59. The maximum Gasteiger partial charge on any atom is 0.126 e. The third-order valence-corrected chi connectivity index (χ3v) is 3.15. The van der Waals surface area contributed by atoms with Gasteiger partial charge in [-0.05, 0) is 41.8 Å². The Morgan fingerprint density at radius 3 is 2.33 bits per heavy atom. The highest BCUT2D eigenvalue weighted by Gasteiger charge is 2.10. The number of nitrogens with two attached hydrogens (primary N) is 1. The van der Waals surface area contributed by atoms with Gasteiger partial charge in [-0.3, -0.25) is 0 Å². The monoisotopic (exact) mass is 311 g/mol. The van der Waals surface area contributed by atoms with Gasteiger partial charge >= 0.3 is 0 Å². The molecule has 2 aromatic rings. The van der Waals surface area contributed by atoms with Gasteiger partial charge in [-0.25, -0.2) is 8.78 Å². The van der Waals surface area contributed by atoms with E-state index >= 15 is 0 Å². The minimum Gasteiger partial charge on any atom is -0.324 e. The number of benzene rings is 2. The molecular weight excluding hydrogens is 300 g/mol. The molecular formula is C14H12BrF2N. The summed E-state index contributed by atoms with van der Waals surface area (Å²) in [5.41, 5.74) is 7.45. The van der Waals surface area contributed by atoms with Crippen LogP contribution in [0.2, 0.25) is 0 Å². The van der Waals surface area contributed by atoms with Crippen molar-refractivity contribution < 1.29 is 8.78 Å². The van der Waals surface area contributed by atoms with E-state index < -0.39 is 17.7 Å². The number of hydrogen-bond donors (Lipinski definition) is 1. The van der Waals surface area contributed by atoms with Crippen LogP contribution in [0.4, 0.5) is 8.78 Å². The molecule has 0 fully saturated rings. The molecule has 1 unspecified atom stereocenters. The van der Waals surface area contributed by atoms with Crippen molar-refractivity contribution in [2.24, 2.45) is 5.73 Å². The average molecular weight is 312 g/mol. The molecule has 0 saturated heterocycles. The molecule has 2 rings (SSSR count). The first-order valence-electron chi connectivity index (χ1n) is 5.50. The Bertz CT molecular complexity index is 537. The second-order valence-corrected chi connectivity index (χ2v) is 5.06. The van der Waals surface area contributed by atoms with Gasteiger partial charge in [0.25, 0.3) is 0 Å². The highest BCUT2D eigenvalue weighted by atomic mass is 79.9. The molecule has 18 heavy (non-hydrogen) atoms. The van der Waals surface area contributed by atoms with Crippen LogP contribution in [0.25, 0.3) is 0 Å². The van der Waals surface area contributed by atoms with Crippen LogP contribution >= 0.6 is 15.9 Å². The molecule has 0 heterocycles. The molecule has 2 aromatic carbocycles. The van der Waals surface area contributed by atoms with E-state index in [1.54, 1.807) is 0 Å². The lowest BCUT2D eigenvalue weighted by Gasteiger charge is -2.12. The topological polar surface area (TPSA) is 26.0 Å². The van der Waals surface area contributed by atoms with Gasteiger partial charge in [-0.15, -0.1) is 0 Å². The van der Waals surface area contributed by atoms with Gasteiger partial charge in [0, 0.05) is 16.6 Å². The lowest BCUT2D eigenvalue weighted by Crippen LogP contribution is -2.14. The van der Waals surface area contributed by atoms with Crippen LogP contribution in [-0.4, -0.2) is 0 Å². The van der Waals surface area contributed by atoms with E-state index in [9.17, 15) is 8.78 Å². The van der Waals surface area contributed by atoms with Gasteiger partial charge in [0.2, 0.25) is 0 Å². The van der Waals surface area contributed by atoms with Crippen molar-refractivity contribution >= 4 is 15.9 Å². The molecule has 0 bridgehead atoms. The summed E-state index contributed by atoms with van der Waals surface area (Å²) < 4.78 is 27.1.